The van der Waals surface area contributed by atoms with Crippen molar-refractivity contribution in [1.29, 1.82) is 0 Å². The number of methoxy groups -OCH3 is 2. The summed E-state index contributed by atoms with van der Waals surface area (Å²) in [6.07, 6.45) is 1.87. The van der Waals surface area contributed by atoms with Crippen LogP contribution in [-0.4, -0.2) is 44.2 Å². The molecule has 0 spiro atoms. The number of carbonyl (C=O) groups is 1. The van der Waals surface area contributed by atoms with E-state index in [4.69, 9.17) is 9.47 Å². The predicted molar refractivity (Wildman–Crippen MR) is 98.5 cm³/mol. The summed E-state index contributed by atoms with van der Waals surface area (Å²) < 4.78 is 23.5. The van der Waals surface area contributed by atoms with Crippen LogP contribution in [0.2, 0.25) is 0 Å². The van der Waals surface area contributed by atoms with E-state index in [-0.39, 0.29) is 17.8 Å². The van der Waals surface area contributed by atoms with Gasteiger partial charge in [0.05, 0.1) is 14.2 Å². The molecular formula is C20H23FN2O3. The SMILES string of the molecule is COc1cc(OC)cc(C(=O)N2CCC[C@H](Nc3ccc(F)cc3)C2)c1. The number of nitrogens with zero attached hydrogens (tertiary/aromatic N) is 1. The summed E-state index contributed by atoms with van der Waals surface area (Å²) in [5.41, 5.74) is 1.40. The van der Waals surface area contributed by atoms with Crippen LogP contribution in [0.4, 0.5) is 10.1 Å². The normalized spacial score (nSPS) is 16.9. The summed E-state index contributed by atoms with van der Waals surface area (Å²) in [5, 5.41) is 3.38. The average molecular weight is 358 g/mol. The van der Waals surface area contributed by atoms with Crippen LogP contribution < -0.4 is 14.8 Å². The number of benzene rings is 2. The zero-order valence-corrected chi connectivity index (χ0v) is 15.0. The van der Waals surface area contributed by atoms with E-state index in [0.29, 0.717) is 30.2 Å². The van der Waals surface area contributed by atoms with E-state index >= 15 is 0 Å². The molecule has 5 nitrogen and oxygen atoms in total. The minimum Gasteiger partial charge on any atom is -0.497 e. The molecule has 1 aliphatic rings. The number of halogens is 1. The fourth-order valence-electron chi connectivity index (χ4n) is 3.17. The molecule has 1 amide bonds. The molecule has 3 rings (SSSR count). The summed E-state index contributed by atoms with van der Waals surface area (Å²) in [5.74, 6) is 0.868. The van der Waals surface area contributed by atoms with Gasteiger partial charge in [-0.15, -0.1) is 0 Å². The van der Waals surface area contributed by atoms with Gasteiger partial charge in [0.2, 0.25) is 0 Å². The van der Waals surface area contributed by atoms with Gasteiger partial charge in [-0.1, -0.05) is 0 Å². The largest absolute Gasteiger partial charge is 0.497 e. The molecular weight excluding hydrogens is 335 g/mol. The first-order valence-electron chi connectivity index (χ1n) is 8.63. The van der Waals surface area contributed by atoms with Crippen molar-refractivity contribution in [2.24, 2.45) is 0 Å². The molecule has 0 aliphatic carbocycles. The summed E-state index contributed by atoms with van der Waals surface area (Å²) >= 11 is 0. The van der Waals surface area contributed by atoms with Gasteiger partial charge in [-0.3, -0.25) is 4.79 Å². The lowest BCUT2D eigenvalue weighted by Gasteiger charge is -2.34. The molecule has 1 aliphatic heterocycles. The lowest BCUT2D eigenvalue weighted by Crippen LogP contribution is -2.45. The second-order valence-corrected chi connectivity index (χ2v) is 6.34. The Hall–Kier alpha value is -2.76. The number of piperidine rings is 1. The highest BCUT2D eigenvalue weighted by atomic mass is 19.1. The number of nitrogens with one attached hydrogen (secondary N) is 1. The van der Waals surface area contributed by atoms with Gasteiger partial charge >= 0.3 is 0 Å². The third-order valence-electron chi connectivity index (χ3n) is 4.52. The van der Waals surface area contributed by atoms with Crippen LogP contribution in [0.1, 0.15) is 23.2 Å². The number of hydrogen-bond donors (Lipinski definition) is 1. The number of rotatable bonds is 5. The van der Waals surface area contributed by atoms with Gasteiger partial charge in [0.1, 0.15) is 17.3 Å². The van der Waals surface area contributed by atoms with Gasteiger partial charge in [0, 0.05) is 36.4 Å². The maximum absolute atomic E-state index is 13.0. The van der Waals surface area contributed by atoms with Crippen molar-refractivity contribution in [3.8, 4) is 11.5 Å². The number of anilines is 1. The Morgan fingerprint density at radius 1 is 1.12 bits per heavy atom. The predicted octanol–water partition coefficient (Wildman–Crippen LogP) is 3.56. The van der Waals surface area contributed by atoms with E-state index in [9.17, 15) is 9.18 Å². The third-order valence-corrected chi connectivity index (χ3v) is 4.52. The zero-order chi connectivity index (χ0) is 18.5. The van der Waals surface area contributed by atoms with Crippen LogP contribution in [0.15, 0.2) is 42.5 Å². The minimum atomic E-state index is -0.261. The van der Waals surface area contributed by atoms with E-state index in [2.05, 4.69) is 5.32 Å². The lowest BCUT2D eigenvalue weighted by molar-refractivity contribution is 0.0714. The Morgan fingerprint density at radius 2 is 1.77 bits per heavy atom. The number of ether oxygens (including phenoxy) is 2. The molecule has 6 heteroatoms. The fourth-order valence-corrected chi connectivity index (χ4v) is 3.17. The quantitative estimate of drug-likeness (QED) is 0.888. The first kappa shape index (κ1) is 18.0. The smallest absolute Gasteiger partial charge is 0.254 e. The number of likely N-dealkylation sites (tertiary alicyclic amines) is 1. The van der Waals surface area contributed by atoms with Gasteiger partial charge in [-0.25, -0.2) is 4.39 Å². The standard InChI is InChI=1S/C20H23FN2O3/c1-25-18-10-14(11-19(12-18)26-2)20(24)23-9-3-4-17(13-23)22-16-7-5-15(21)6-8-16/h5-8,10-12,17,22H,3-4,9,13H2,1-2H3/t17-/m0/s1. The maximum Gasteiger partial charge on any atom is 0.254 e. The molecule has 0 aromatic heterocycles. The van der Waals surface area contributed by atoms with E-state index in [0.717, 1.165) is 18.5 Å². The molecule has 0 saturated carbocycles. The summed E-state index contributed by atoms with van der Waals surface area (Å²) in [6.45, 7) is 1.30. The topological polar surface area (TPSA) is 50.8 Å². The zero-order valence-electron chi connectivity index (χ0n) is 15.0. The first-order valence-corrected chi connectivity index (χ1v) is 8.63. The molecule has 1 atom stereocenters. The molecule has 0 radical (unpaired) electrons. The van der Waals surface area contributed by atoms with E-state index in [1.165, 1.54) is 12.1 Å². The van der Waals surface area contributed by atoms with Crippen LogP contribution in [0, 0.1) is 5.82 Å². The molecule has 1 N–H and O–H groups in total. The summed E-state index contributed by atoms with van der Waals surface area (Å²) in [6, 6.07) is 11.6. The van der Waals surface area contributed by atoms with E-state index in [1.54, 1.807) is 44.6 Å². The molecule has 1 fully saturated rings. The minimum absolute atomic E-state index is 0.0483. The van der Waals surface area contributed by atoms with Crippen molar-refractivity contribution in [3.05, 3.63) is 53.8 Å². The molecule has 0 bridgehead atoms. The van der Waals surface area contributed by atoms with E-state index in [1.807, 2.05) is 4.90 Å². The van der Waals surface area contributed by atoms with Crippen LogP contribution >= 0.6 is 0 Å². The number of hydrogen-bond acceptors (Lipinski definition) is 4. The molecule has 0 unspecified atom stereocenters. The summed E-state index contributed by atoms with van der Waals surface area (Å²) in [7, 11) is 3.12. The number of amides is 1. The fraction of sp³-hybridized carbons (Fsp3) is 0.350. The highest BCUT2D eigenvalue weighted by Gasteiger charge is 2.25. The van der Waals surface area contributed by atoms with Gasteiger partial charge in [0.15, 0.2) is 0 Å². The Labute approximate surface area is 152 Å². The molecule has 1 saturated heterocycles. The average Bonchev–Trinajstić information content (AvgIpc) is 2.69. The molecule has 1 heterocycles. The summed E-state index contributed by atoms with van der Waals surface area (Å²) in [4.78, 5) is 14.7. The second-order valence-electron chi connectivity index (χ2n) is 6.34. The Kier molecular flexibility index (Phi) is 5.61. The molecule has 26 heavy (non-hydrogen) atoms. The third kappa shape index (κ3) is 4.25. The Morgan fingerprint density at radius 3 is 2.38 bits per heavy atom. The number of carbonyl (C=O) groups excluding carboxylic acids is 1. The maximum atomic E-state index is 13.0. The highest BCUT2D eigenvalue weighted by molar-refractivity contribution is 5.95. The van der Waals surface area contributed by atoms with Gasteiger partial charge in [0.25, 0.3) is 5.91 Å². The lowest BCUT2D eigenvalue weighted by atomic mass is 10.0. The van der Waals surface area contributed by atoms with Crippen molar-refractivity contribution >= 4 is 11.6 Å². The Bertz CT molecular complexity index is 742. The first-order chi connectivity index (χ1) is 12.6. The van der Waals surface area contributed by atoms with Crippen LogP contribution in [0.25, 0.3) is 0 Å². The van der Waals surface area contributed by atoms with Gasteiger partial charge in [-0.2, -0.15) is 0 Å². The molecule has 2 aromatic carbocycles. The monoisotopic (exact) mass is 358 g/mol. The van der Waals surface area contributed by atoms with Gasteiger partial charge in [-0.05, 0) is 49.2 Å². The molecule has 2 aromatic rings. The van der Waals surface area contributed by atoms with Crippen molar-refractivity contribution < 1.29 is 18.7 Å². The second kappa shape index (κ2) is 8.08. The van der Waals surface area contributed by atoms with E-state index < -0.39 is 0 Å². The highest BCUT2D eigenvalue weighted by Crippen LogP contribution is 2.25. The van der Waals surface area contributed by atoms with Gasteiger partial charge < -0.3 is 19.7 Å². The van der Waals surface area contributed by atoms with Crippen molar-refractivity contribution in [2.75, 3.05) is 32.6 Å². The molecule has 138 valence electrons. The van der Waals surface area contributed by atoms with Crippen molar-refractivity contribution in [3.63, 3.8) is 0 Å². The van der Waals surface area contributed by atoms with Crippen LogP contribution in [0.5, 0.6) is 11.5 Å². The van der Waals surface area contributed by atoms with Crippen LogP contribution in [0.3, 0.4) is 0 Å². The van der Waals surface area contributed by atoms with Crippen molar-refractivity contribution in [1.82, 2.24) is 4.90 Å². The van der Waals surface area contributed by atoms with Crippen molar-refractivity contribution in [2.45, 2.75) is 18.9 Å². The Balaban J connectivity index is 1.70. The van der Waals surface area contributed by atoms with Crippen LogP contribution in [-0.2, 0) is 0 Å².